The van der Waals surface area contributed by atoms with Crippen LogP contribution in [0.15, 0.2) is 24.4 Å². The van der Waals surface area contributed by atoms with Crippen LogP contribution in [0.5, 0.6) is 5.75 Å². The second-order valence-electron chi connectivity index (χ2n) is 9.16. The van der Waals surface area contributed by atoms with Crippen molar-refractivity contribution >= 4 is 17.4 Å². The second-order valence-corrected chi connectivity index (χ2v) is 10.4. The summed E-state index contributed by atoms with van der Waals surface area (Å²) >= 11 is 1.59. The molecular formula is C23H27N3O4S. The van der Waals surface area contributed by atoms with Gasteiger partial charge in [-0.05, 0) is 45.9 Å². The number of hydrogen-bond acceptors (Lipinski definition) is 7. The molecular weight excluding hydrogens is 414 g/mol. The van der Waals surface area contributed by atoms with Gasteiger partial charge >= 0.3 is 6.09 Å². The molecule has 0 spiro atoms. The highest BCUT2D eigenvalue weighted by Crippen LogP contribution is 2.35. The third-order valence-corrected chi connectivity index (χ3v) is 6.29. The van der Waals surface area contributed by atoms with Gasteiger partial charge in [0.1, 0.15) is 22.5 Å². The summed E-state index contributed by atoms with van der Waals surface area (Å²) in [7, 11) is 0. The Morgan fingerprint density at radius 2 is 1.97 bits per heavy atom. The van der Waals surface area contributed by atoms with Gasteiger partial charge in [0.25, 0.3) is 0 Å². The Labute approximate surface area is 186 Å². The first-order valence-corrected chi connectivity index (χ1v) is 11.2. The van der Waals surface area contributed by atoms with Crippen molar-refractivity contribution in [3.8, 4) is 22.4 Å². The van der Waals surface area contributed by atoms with Crippen molar-refractivity contribution in [3.63, 3.8) is 0 Å². The Kier molecular flexibility index (Phi) is 5.91. The van der Waals surface area contributed by atoms with Gasteiger partial charge in [-0.2, -0.15) is 5.26 Å². The van der Waals surface area contributed by atoms with E-state index in [1.165, 1.54) is 0 Å². The van der Waals surface area contributed by atoms with E-state index in [0.29, 0.717) is 37.6 Å². The number of benzene rings is 1. The van der Waals surface area contributed by atoms with Crippen LogP contribution in [0.25, 0.3) is 10.6 Å². The molecule has 164 valence electrons. The minimum absolute atomic E-state index is 0.0383. The van der Waals surface area contributed by atoms with Crippen molar-refractivity contribution in [3.05, 3.63) is 34.8 Å². The molecule has 2 saturated heterocycles. The summed E-state index contributed by atoms with van der Waals surface area (Å²) in [5.74, 6) is 0.724. The number of fused-ring (bicyclic) bond motifs is 2. The van der Waals surface area contributed by atoms with Gasteiger partial charge in [0, 0.05) is 41.6 Å². The number of hydrogen-bond donors (Lipinski definition) is 0. The lowest BCUT2D eigenvalue weighted by Crippen LogP contribution is -2.59. The van der Waals surface area contributed by atoms with Crippen LogP contribution in [0, 0.1) is 30.1 Å². The topological polar surface area (TPSA) is 84.7 Å². The number of amides is 1. The van der Waals surface area contributed by atoms with E-state index < -0.39 is 5.60 Å². The largest absolute Gasteiger partial charge is 0.489 e. The van der Waals surface area contributed by atoms with Gasteiger partial charge in [-0.1, -0.05) is 0 Å². The van der Waals surface area contributed by atoms with Gasteiger partial charge in [-0.15, -0.1) is 11.3 Å². The molecule has 1 aromatic heterocycles. The zero-order chi connectivity index (χ0) is 22.2. The van der Waals surface area contributed by atoms with E-state index in [9.17, 15) is 10.1 Å². The zero-order valence-electron chi connectivity index (χ0n) is 18.3. The zero-order valence-corrected chi connectivity index (χ0v) is 19.1. The first-order chi connectivity index (χ1) is 14.7. The summed E-state index contributed by atoms with van der Waals surface area (Å²) in [6.07, 6.45) is 1.44. The molecule has 2 fully saturated rings. The summed E-state index contributed by atoms with van der Waals surface area (Å²) < 4.78 is 17.7. The third-order valence-electron chi connectivity index (χ3n) is 5.33. The highest BCUT2D eigenvalue weighted by Gasteiger charge is 2.44. The molecule has 2 atom stereocenters. The van der Waals surface area contributed by atoms with E-state index >= 15 is 0 Å². The van der Waals surface area contributed by atoms with Crippen molar-refractivity contribution in [1.29, 1.82) is 5.26 Å². The fourth-order valence-electron chi connectivity index (χ4n) is 4.07. The van der Waals surface area contributed by atoms with Crippen molar-refractivity contribution < 1.29 is 19.0 Å². The van der Waals surface area contributed by atoms with Gasteiger partial charge < -0.3 is 19.1 Å². The number of rotatable bonds is 3. The van der Waals surface area contributed by atoms with Crippen LogP contribution in [-0.4, -0.2) is 54.0 Å². The normalized spacial score (nSPS) is 23.2. The van der Waals surface area contributed by atoms with Crippen LogP contribution in [0.4, 0.5) is 4.79 Å². The number of ether oxygens (including phenoxy) is 3. The molecule has 7 nitrogen and oxygen atoms in total. The van der Waals surface area contributed by atoms with E-state index in [4.69, 9.17) is 14.2 Å². The van der Waals surface area contributed by atoms with E-state index in [1.807, 2.05) is 46.0 Å². The van der Waals surface area contributed by atoms with Gasteiger partial charge in [0.05, 0.1) is 24.8 Å². The predicted octanol–water partition coefficient (Wildman–Crippen LogP) is 4.25. The fraction of sp³-hybridized carbons (Fsp3) is 0.522. The van der Waals surface area contributed by atoms with Crippen molar-refractivity contribution in [2.75, 3.05) is 26.3 Å². The monoisotopic (exact) mass is 441 g/mol. The number of thiazole rings is 1. The van der Waals surface area contributed by atoms with E-state index in [-0.39, 0.29) is 24.0 Å². The van der Waals surface area contributed by atoms with Crippen LogP contribution in [0.3, 0.4) is 0 Å². The number of nitrogens with zero attached hydrogens (tertiary/aromatic N) is 3. The van der Waals surface area contributed by atoms with E-state index in [2.05, 4.69) is 11.1 Å². The van der Waals surface area contributed by atoms with E-state index in [1.54, 1.807) is 22.3 Å². The molecule has 0 aliphatic carbocycles. The summed E-state index contributed by atoms with van der Waals surface area (Å²) in [6, 6.07) is 7.76. The average Bonchev–Trinajstić information content (AvgIpc) is 3.12. The maximum Gasteiger partial charge on any atom is 0.410 e. The number of likely N-dealkylation sites (tertiary alicyclic amines) is 1. The average molecular weight is 442 g/mol. The Morgan fingerprint density at radius 3 is 2.55 bits per heavy atom. The molecule has 0 radical (unpaired) electrons. The lowest BCUT2D eigenvalue weighted by Gasteiger charge is -2.46. The quantitative estimate of drug-likeness (QED) is 0.708. The smallest absolute Gasteiger partial charge is 0.410 e. The fourth-order valence-corrected chi connectivity index (χ4v) is 4.82. The van der Waals surface area contributed by atoms with Crippen molar-refractivity contribution in [2.45, 2.75) is 39.4 Å². The van der Waals surface area contributed by atoms with Crippen molar-refractivity contribution in [1.82, 2.24) is 9.88 Å². The molecule has 31 heavy (non-hydrogen) atoms. The molecule has 4 rings (SSSR count). The number of carbonyl (C=O) groups is 1. The molecule has 3 heterocycles. The highest BCUT2D eigenvalue weighted by molar-refractivity contribution is 7.14. The van der Waals surface area contributed by atoms with Gasteiger partial charge in [0.15, 0.2) is 0 Å². The lowest BCUT2D eigenvalue weighted by atomic mass is 9.84. The Hall–Kier alpha value is -2.63. The van der Waals surface area contributed by atoms with Crippen LogP contribution < -0.4 is 4.74 Å². The number of carbonyl (C=O) groups excluding carboxylic acids is 1. The summed E-state index contributed by atoms with van der Waals surface area (Å²) in [5.41, 5.74) is 0.881. The highest BCUT2D eigenvalue weighted by atomic mass is 32.1. The van der Waals surface area contributed by atoms with Gasteiger partial charge in [-0.3, -0.25) is 0 Å². The first kappa shape index (κ1) is 21.6. The SMILES string of the molecule is Cc1cnc(-c2cc(C#N)cc(OC3C4COCC3CN(C(=O)OC(C)(C)C)C4)c2)s1. The summed E-state index contributed by atoms with van der Waals surface area (Å²) in [4.78, 5) is 19.9. The molecule has 2 aromatic rings. The lowest BCUT2D eigenvalue weighted by molar-refractivity contribution is -0.112. The molecule has 0 N–H and O–H groups in total. The molecule has 2 aliphatic rings. The maximum absolute atomic E-state index is 12.6. The Bertz CT molecular complexity index is 993. The number of aromatic nitrogens is 1. The standard InChI is InChI=1S/C23H27N3O4S/c1-14-9-25-21(31-14)16-5-15(8-24)6-19(7-16)29-20-17-10-26(11-18(20)13-28-12-17)22(27)30-23(2,3)4/h5-7,9,17-18,20H,10-13H2,1-4H3. The molecule has 0 saturated carbocycles. The molecule has 8 heteroatoms. The summed E-state index contributed by atoms with van der Waals surface area (Å²) in [5, 5.41) is 10.4. The van der Waals surface area contributed by atoms with Gasteiger partial charge in [0.2, 0.25) is 0 Å². The van der Waals surface area contributed by atoms with Crippen LogP contribution in [0.1, 0.15) is 31.2 Å². The van der Waals surface area contributed by atoms with Crippen LogP contribution in [0.2, 0.25) is 0 Å². The molecule has 2 bridgehead atoms. The molecule has 2 aliphatic heterocycles. The maximum atomic E-state index is 12.6. The number of piperidine rings is 1. The van der Waals surface area contributed by atoms with Crippen LogP contribution in [-0.2, 0) is 9.47 Å². The van der Waals surface area contributed by atoms with Crippen molar-refractivity contribution in [2.24, 2.45) is 11.8 Å². The van der Waals surface area contributed by atoms with Gasteiger partial charge in [-0.25, -0.2) is 9.78 Å². The minimum atomic E-state index is -0.529. The molecule has 1 amide bonds. The Morgan fingerprint density at radius 1 is 1.26 bits per heavy atom. The third kappa shape index (κ3) is 5.00. The molecule has 1 aromatic carbocycles. The van der Waals surface area contributed by atoms with Crippen LogP contribution >= 0.6 is 11.3 Å². The Balaban J connectivity index is 1.53. The summed E-state index contributed by atoms with van der Waals surface area (Å²) in [6.45, 7) is 9.70. The van der Waals surface area contributed by atoms with E-state index in [0.717, 1.165) is 15.4 Å². The number of nitriles is 1. The predicted molar refractivity (Wildman–Crippen MR) is 117 cm³/mol. The first-order valence-electron chi connectivity index (χ1n) is 10.4. The second kappa shape index (κ2) is 8.48. The number of aryl methyl sites for hydroxylation is 1. The molecule has 2 unspecified atom stereocenters. The minimum Gasteiger partial charge on any atom is -0.489 e.